The number of hydrogen-bond donors (Lipinski definition) is 0. The fourth-order valence-electron chi connectivity index (χ4n) is 3.12. The average Bonchev–Trinajstić information content (AvgIpc) is 2.71. The minimum atomic E-state index is -0.705. The topological polar surface area (TPSA) is 65.1 Å². The molecule has 0 spiro atoms. The van der Waals surface area contributed by atoms with Crippen LogP contribution >= 0.6 is 0 Å². The van der Waals surface area contributed by atoms with Crippen molar-refractivity contribution in [3.63, 3.8) is 0 Å². The van der Waals surface area contributed by atoms with Crippen LogP contribution in [0.3, 0.4) is 0 Å². The van der Waals surface area contributed by atoms with Crippen molar-refractivity contribution in [2.75, 3.05) is 20.8 Å². The molecule has 0 aliphatic carbocycles. The van der Waals surface area contributed by atoms with Crippen molar-refractivity contribution in [2.45, 2.75) is 40.2 Å². The molecule has 1 aromatic rings. The third-order valence-electron chi connectivity index (χ3n) is 4.68. The fraction of sp³-hybridized carbons (Fsp3) is 0.455. The van der Waals surface area contributed by atoms with Crippen LogP contribution in [-0.4, -0.2) is 43.6 Å². The lowest BCUT2D eigenvalue weighted by Crippen LogP contribution is -2.51. The molecule has 1 unspecified atom stereocenters. The first-order valence-corrected chi connectivity index (χ1v) is 9.46. The summed E-state index contributed by atoms with van der Waals surface area (Å²) in [5, 5.41) is 0. The summed E-state index contributed by atoms with van der Waals surface area (Å²) in [5.41, 5.74) is 1.28. The minimum absolute atomic E-state index is 0.0698. The highest BCUT2D eigenvalue weighted by atomic mass is 16.5. The summed E-state index contributed by atoms with van der Waals surface area (Å²) in [6, 6.07) is 4.92. The lowest BCUT2D eigenvalue weighted by Gasteiger charge is -2.36. The predicted molar refractivity (Wildman–Crippen MR) is 107 cm³/mol. The zero-order chi connectivity index (χ0) is 20.8. The largest absolute Gasteiger partial charge is 0.497 e. The maximum absolute atomic E-state index is 13.3. The van der Waals surface area contributed by atoms with Gasteiger partial charge in [-0.1, -0.05) is 32.9 Å². The summed E-state index contributed by atoms with van der Waals surface area (Å²) < 4.78 is 16.5. The zero-order valence-electron chi connectivity index (χ0n) is 17.4. The van der Waals surface area contributed by atoms with Gasteiger partial charge in [0.05, 0.1) is 26.3 Å². The quantitative estimate of drug-likeness (QED) is 0.691. The van der Waals surface area contributed by atoms with Gasteiger partial charge in [-0.05, 0) is 37.0 Å². The van der Waals surface area contributed by atoms with Crippen molar-refractivity contribution < 1.29 is 23.8 Å². The summed E-state index contributed by atoms with van der Waals surface area (Å²) in [5.74, 6) is 0.770. The van der Waals surface area contributed by atoms with E-state index >= 15 is 0 Å². The number of nitrogens with zero attached hydrogens (tertiary/aromatic N) is 1. The molecule has 1 aliphatic rings. The highest BCUT2D eigenvalue weighted by molar-refractivity contribution is 6.08. The number of ether oxygens (including phenoxy) is 3. The number of imide groups is 1. The molecule has 1 fully saturated rings. The first kappa shape index (κ1) is 21.5. The number of rotatable bonds is 6. The van der Waals surface area contributed by atoms with E-state index in [1.807, 2.05) is 39.8 Å². The molecule has 6 nitrogen and oxygen atoms in total. The Kier molecular flexibility index (Phi) is 7.26. The lowest BCUT2D eigenvalue weighted by molar-refractivity contribution is -0.146. The third-order valence-corrected chi connectivity index (χ3v) is 4.68. The Labute approximate surface area is 166 Å². The van der Waals surface area contributed by atoms with Crippen molar-refractivity contribution in [1.82, 2.24) is 4.90 Å². The number of carbonyl (C=O) groups excluding carboxylic acids is 2. The lowest BCUT2D eigenvalue weighted by atomic mass is 10.0. The van der Waals surface area contributed by atoms with Crippen molar-refractivity contribution in [1.29, 1.82) is 0 Å². The average molecular weight is 387 g/mol. The standard InChI is InChI=1S/C22H29NO5/c1-7-9-15(8-2)19-13-23(22(25)20(28-19)14(3)4)21(24)17-11-10-16(26-5)12-18(17)27-6/h7,9-12,14,20H,8,13H2,1-6H3. The molecule has 1 atom stereocenters. The molecule has 2 rings (SSSR count). The first-order chi connectivity index (χ1) is 13.4. The van der Waals surface area contributed by atoms with E-state index in [4.69, 9.17) is 14.2 Å². The highest BCUT2D eigenvalue weighted by Gasteiger charge is 2.39. The molecule has 0 radical (unpaired) electrons. The Morgan fingerprint density at radius 3 is 2.57 bits per heavy atom. The van der Waals surface area contributed by atoms with Crippen LogP contribution in [0.5, 0.6) is 11.5 Å². The molecule has 152 valence electrons. The Hall–Kier alpha value is -2.76. The monoisotopic (exact) mass is 387 g/mol. The zero-order valence-corrected chi connectivity index (χ0v) is 17.4. The predicted octanol–water partition coefficient (Wildman–Crippen LogP) is 3.97. The number of morpholine rings is 1. The maximum Gasteiger partial charge on any atom is 0.271 e. The number of benzene rings is 1. The van der Waals surface area contributed by atoms with Crippen LogP contribution in [0.25, 0.3) is 0 Å². The number of amides is 2. The molecule has 0 saturated carbocycles. The van der Waals surface area contributed by atoms with Gasteiger partial charge in [-0.25, -0.2) is 0 Å². The van der Waals surface area contributed by atoms with E-state index in [0.717, 1.165) is 12.0 Å². The van der Waals surface area contributed by atoms with Crippen molar-refractivity contribution in [3.05, 3.63) is 47.2 Å². The van der Waals surface area contributed by atoms with E-state index in [9.17, 15) is 9.59 Å². The van der Waals surface area contributed by atoms with Gasteiger partial charge >= 0.3 is 0 Å². The van der Waals surface area contributed by atoms with E-state index in [2.05, 4.69) is 0 Å². The first-order valence-electron chi connectivity index (χ1n) is 9.46. The molecule has 6 heteroatoms. The van der Waals surface area contributed by atoms with Crippen LogP contribution in [0, 0.1) is 5.92 Å². The molecule has 1 heterocycles. The Bertz CT molecular complexity index is 794. The van der Waals surface area contributed by atoms with E-state index in [1.54, 1.807) is 25.3 Å². The van der Waals surface area contributed by atoms with E-state index in [-0.39, 0.29) is 18.4 Å². The molecule has 1 aromatic carbocycles. The highest BCUT2D eigenvalue weighted by Crippen LogP contribution is 2.30. The second-order valence-electron chi connectivity index (χ2n) is 6.88. The van der Waals surface area contributed by atoms with Crippen LogP contribution in [0.2, 0.25) is 0 Å². The summed E-state index contributed by atoms with van der Waals surface area (Å²) in [6.07, 6.45) is 3.92. The molecule has 0 N–H and O–H groups in total. The second kappa shape index (κ2) is 9.44. The van der Waals surface area contributed by atoms with Crippen molar-refractivity contribution >= 4 is 11.8 Å². The Balaban J connectivity index is 2.49. The van der Waals surface area contributed by atoms with Gasteiger partial charge in [0.15, 0.2) is 6.10 Å². The molecule has 2 amide bonds. The summed E-state index contributed by atoms with van der Waals surface area (Å²) >= 11 is 0. The van der Waals surface area contributed by atoms with E-state index in [1.165, 1.54) is 12.0 Å². The smallest absolute Gasteiger partial charge is 0.271 e. The van der Waals surface area contributed by atoms with Gasteiger partial charge < -0.3 is 14.2 Å². The third kappa shape index (κ3) is 4.38. The molecule has 0 bridgehead atoms. The number of allylic oxidation sites excluding steroid dienone is 3. The fourth-order valence-corrected chi connectivity index (χ4v) is 3.12. The molecule has 0 aromatic heterocycles. The minimum Gasteiger partial charge on any atom is -0.497 e. The van der Waals surface area contributed by atoms with Gasteiger partial charge in [-0.15, -0.1) is 0 Å². The van der Waals surface area contributed by atoms with Gasteiger partial charge in [0.2, 0.25) is 0 Å². The second-order valence-corrected chi connectivity index (χ2v) is 6.88. The molecule has 1 aliphatic heterocycles. The van der Waals surface area contributed by atoms with Gasteiger partial charge in [0, 0.05) is 6.07 Å². The summed E-state index contributed by atoms with van der Waals surface area (Å²) in [4.78, 5) is 27.5. The van der Waals surface area contributed by atoms with Gasteiger partial charge in [0.1, 0.15) is 17.3 Å². The van der Waals surface area contributed by atoms with Crippen LogP contribution in [-0.2, 0) is 9.53 Å². The number of methoxy groups -OCH3 is 2. The molecular formula is C22H29NO5. The van der Waals surface area contributed by atoms with E-state index in [0.29, 0.717) is 22.8 Å². The van der Waals surface area contributed by atoms with Gasteiger partial charge in [0.25, 0.3) is 11.8 Å². The van der Waals surface area contributed by atoms with Gasteiger partial charge in [-0.2, -0.15) is 0 Å². The van der Waals surface area contributed by atoms with Crippen LogP contribution in [0.1, 0.15) is 44.5 Å². The Morgan fingerprint density at radius 1 is 1.32 bits per heavy atom. The number of carbonyl (C=O) groups is 2. The van der Waals surface area contributed by atoms with Crippen molar-refractivity contribution in [2.24, 2.45) is 5.92 Å². The molecule has 1 saturated heterocycles. The van der Waals surface area contributed by atoms with Crippen LogP contribution in [0.4, 0.5) is 0 Å². The summed E-state index contributed by atoms with van der Waals surface area (Å²) in [7, 11) is 3.02. The molecule has 28 heavy (non-hydrogen) atoms. The number of hydrogen-bond acceptors (Lipinski definition) is 5. The van der Waals surface area contributed by atoms with Crippen molar-refractivity contribution in [3.8, 4) is 11.5 Å². The summed E-state index contributed by atoms with van der Waals surface area (Å²) in [6.45, 7) is 7.86. The maximum atomic E-state index is 13.3. The normalized spacial score (nSPS) is 19.0. The SMILES string of the molecule is CC=CC(CC)=C1CN(C(=O)c2ccc(OC)cc2OC)C(=O)C(C(C)C)O1. The van der Waals surface area contributed by atoms with Gasteiger partial charge in [-0.3, -0.25) is 14.5 Å². The van der Waals surface area contributed by atoms with Crippen LogP contribution in [0.15, 0.2) is 41.7 Å². The Morgan fingerprint density at radius 2 is 2.04 bits per heavy atom. The molecular weight excluding hydrogens is 358 g/mol. The van der Waals surface area contributed by atoms with E-state index < -0.39 is 12.0 Å². The van der Waals surface area contributed by atoms with Crippen LogP contribution < -0.4 is 9.47 Å².